The number of guanidine groups is 1. The van der Waals surface area contributed by atoms with Gasteiger partial charge in [0.15, 0.2) is 5.96 Å². The van der Waals surface area contributed by atoms with E-state index in [-0.39, 0.29) is 11.4 Å². The van der Waals surface area contributed by atoms with Crippen LogP contribution in [0.25, 0.3) is 0 Å². The quantitative estimate of drug-likeness (QED) is 0.549. The molecule has 5 N–H and O–H groups in total. The summed E-state index contributed by atoms with van der Waals surface area (Å²) in [6, 6.07) is 8.79. The molecule has 1 rings (SSSR count). The maximum absolute atomic E-state index is 5.32. The Bertz CT molecular complexity index is 425. The second-order valence-corrected chi connectivity index (χ2v) is 6.45. The van der Waals surface area contributed by atoms with E-state index < -0.39 is 0 Å². The monoisotopic (exact) mass is 276 g/mol. The molecule has 1 unspecified atom stereocenters. The molecule has 1 aromatic rings. The van der Waals surface area contributed by atoms with Crippen LogP contribution in [0.5, 0.6) is 0 Å². The summed E-state index contributed by atoms with van der Waals surface area (Å²) >= 11 is 0. The first kappa shape index (κ1) is 16.5. The Hall–Kier alpha value is -1.55. The number of rotatable bonds is 6. The van der Waals surface area contributed by atoms with Crippen LogP contribution in [0.3, 0.4) is 0 Å². The number of hydrogen-bond donors (Lipinski definition) is 3. The SMILES string of the molecule is CC(CN=C(N)N)CNCc1ccc(C(C)(C)C)cc1. The Morgan fingerprint density at radius 3 is 2.30 bits per heavy atom. The molecule has 0 bridgehead atoms. The molecule has 0 aliphatic carbocycles. The molecule has 0 heterocycles. The topological polar surface area (TPSA) is 76.4 Å². The Morgan fingerprint density at radius 2 is 1.80 bits per heavy atom. The highest BCUT2D eigenvalue weighted by atomic mass is 15.0. The Morgan fingerprint density at radius 1 is 1.20 bits per heavy atom. The van der Waals surface area contributed by atoms with E-state index in [4.69, 9.17) is 11.5 Å². The fourth-order valence-corrected chi connectivity index (χ4v) is 1.91. The predicted molar refractivity (Wildman–Crippen MR) is 86.7 cm³/mol. The molecule has 1 atom stereocenters. The van der Waals surface area contributed by atoms with Crippen LogP contribution in [0.1, 0.15) is 38.8 Å². The van der Waals surface area contributed by atoms with Crippen LogP contribution < -0.4 is 16.8 Å². The van der Waals surface area contributed by atoms with Crippen molar-refractivity contribution in [3.63, 3.8) is 0 Å². The van der Waals surface area contributed by atoms with Gasteiger partial charge in [0.1, 0.15) is 0 Å². The summed E-state index contributed by atoms with van der Waals surface area (Å²) < 4.78 is 0. The molecule has 0 spiro atoms. The summed E-state index contributed by atoms with van der Waals surface area (Å²) in [7, 11) is 0. The van der Waals surface area contributed by atoms with Gasteiger partial charge in [0.05, 0.1) is 0 Å². The third kappa shape index (κ3) is 6.06. The van der Waals surface area contributed by atoms with Crippen molar-refractivity contribution in [2.75, 3.05) is 13.1 Å². The van der Waals surface area contributed by atoms with E-state index in [9.17, 15) is 0 Å². The Kier molecular flexibility index (Phi) is 6.02. The Balaban J connectivity index is 2.37. The third-order valence-electron chi connectivity index (χ3n) is 3.23. The van der Waals surface area contributed by atoms with E-state index in [1.807, 2.05) is 0 Å². The molecule has 4 heteroatoms. The second kappa shape index (κ2) is 7.29. The van der Waals surface area contributed by atoms with E-state index >= 15 is 0 Å². The first-order valence-electron chi connectivity index (χ1n) is 7.14. The number of hydrogen-bond acceptors (Lipinski definition) is 2. The van der Waals surface area contributed by atoms with Crippen LogP contribution in [-0.2, 0) is 12.0 Å². The van der Waals surface area contributed by atoms with Crippen LogP contribution >= 0.6 is 0 Å². The van der Waals surface area contributed by atoms with Crippen molar-refractivity contribution in [1.82, 2.24) is 5.32 Å². The molecule has 1 aromatic carbocycles. The minimum atomic E-state index is 0.162. The summed E-state index contributed by atoms with van der Waals surface area (Å²) in [5.41, 5.74) is 13.5. The molecule has 4 nitrogen and oxygen atoms in total. The lowest BCUT2D eigenvalue weighted by atomic mass is 9.87. The molecule has 0 fully saturated rings. The normalized spacial score (nSPS) is 13.0. The van der Waals surface area contributed by atoms with E-state index in [2.05, 4.69) is 62.3 Å². The molecule has 0 aliphatic heterocycles. The highest BCUT2D eigenvalue weighted by Gasteiger charge is 2.12. The fourth-order valence-electron chi connectivity index (χ4n) is 1.91. The summed E-state index contributed by atoms with van der Waals surface area (Å²) in [6.45, 7) is 11.2. The largest absolute Gasteiger partial charge is 0.370 e. The average molecular weight is 276 g/mol. The van der Waals surface area contributed by atoms with Gasteiger partial charge in [0.2, 0.25) is 0 Å². The van der Waals surface area contributed by atoms with Crippen LogP contribution in [0, 0.1) is 5.92 Å². The minimum absolute atomic E-state index is 0.162. The van der Waals surface area contributed by atoms with Crippen LogP contribution in [0.2, 0.25) is 0 Å². The Labute approximate surface area is 122 Å². The number of nitrogens with zero attached hydrogens (tertiary/aromatic N) is 1. The predicted octanol–water partition coefficient (Wildman–Crippen LogP) is 1.98. The average Bonchev–Trinajstić information content (AvgIpc) is 2.36. The summed E-state index contributed by atoms with van der Waals surface area (Å²) in [5.74, 6) is 0.584. The summed E-state index contributed by atoms with van der Waals surface area (Å²) in [4.78, 5) is 4.02. The third-order valence-corrected chi connectivity index (χ3v) is 3.23. The van der Waals surface area contributed by atoms with Crippen molar-refractivity contribution in [1.29, 1.82) is 0 Å². The molecule has 0 amide bonds. The first-order valence-corrected chi connectivity index (χ1v) is 7.14. The summed E-state index contributed by atoms with van der Waals surface area (Å²) in [5, 5.41) is 3.43. The number of nitrogens with one attached hydrogen (secondary N) is 1. The zero-order valence-corrected chi connectivity index (χ0v) is 13.1. The van der Waals surface area contributed by atoms with E-state index in [0.29, 0.717) is 12.5 Å². The maximum atomic E-state index is 5.32. The number of aliphatic imine (C=N–C) groups is 1. The number of benzene rings is 1. The maximum Gasteiger partial charge on any atom is 0.185 e. The van der Waals surface area contributed by atoms with E-state index in [0.717, 1.165) is 13.1 Å². The first-order chi connectivity index (χ1) is 9.29. The molecular weight excluding hydrogens is 248 g/mol. The van der Waals surface area contributed by atoms with Gasteiger partial charge >= 0.3 is 0 Å². The van der Waals surface area contributed by atoms with Crippen LogP contribution in [0.4, 0.5) is 0 Å². The van der Waals surface area contributed by atoms with Gasteiger partial charge in [-0.25, -0.2) is 0 Å². The molecule has 0 aliphatic rings. The van der Waals surface area contributed by atoms with Crippen molar-refractivity contribution in [2.24, 2.45) is 22.4 Å². The standard InChI is InChI=1S/C16H28N4/c1-12(10-20-15(17)18)9-19-11-13-5-7-14(8-6-13)16(2,3)4/h5-8,12,19H,9-11H2,1-4H3,(H4,17,18,20). The zero-order chi connectivity index (χ0) is 15.2. The lowest BCUT2D eigenvalue weighted by Crippen LogP contribution is -2.26. The molecule has 0 aromatic heterocycles. The van der Waals surface area contributed by atoms with Gasteiger partial charge in [-0.3, -0.25) is 4.99 Å². The van der Waals surface area contributed by atoms with Gasteiger partial charge in [0.25, 0.3) is 0 Å². The molecule has 0 saturated carbocycles. The second-order valence-electron chi connectivity index (χ2n) is 6.45. The molecule has 20 heavy (non-hydrogen) atoms. The highest BCUT2D eigenvalue weighted by molar-refractivity contribution is 5.75. The molecule has 112 valence electrons. The lowest BCUT2D eigenvalue weighted by molar-refractivity contribution is 0.522. The van der Waals surface area contributed by atoms with Gasteiger partial charge in [-0.2, -0.15) is 0 Å². The number of nitrogens with two attached hydrogens (primary N) is 2. The van der Waals surface area contributed by atoms with Crippen molar-refractivity contribution in [2.45, 2.75) is 39.7 Å². The van der Waals surface area contributed by atoms with Gasteiger partial charge in [-0.1, -0.05) is 52.0 Å². The van der Waals surface area contributed by atoms with Crippen molar-refractivity contribution >= 4 is 5.96 Å². The highest BCUT2D eigenvalue weighted by Crippen LogP contribution is 2.22. The fraction of sp³-hybridized carbons (Fsp3) is 0.562. The smallest absolute Gasteiger partial charge is 0.185 e. The van der Waals surface area contributed by atoms with Crippen molar-refractivity contribution < 1.29 is 0 Å². The van der Waals surface area contributed by atoms with Gasteiger partial charge in [-0.05, 0) is 29.0 Å². The van der Waals surface area contributed by atoms with Crippen LogP contribution in [-0.4, -0.2) is 19.0 Å². The molecule has 0 radical (unpaired) electrons. The minimum Gasteiger partial charge on any atom is -0.370 e. The molecular formula is C16H28N4. The van der Waals surface area contributed by atoms with Gasteiger partial charge in [0, 0.05) is 13.1 Å². The van der Waals surface area contributed by atoms with Crippen molar-refractivity contribution in [3.8, 4) is 0 Å². The molecule has 0 saturated heterocycles. The van der Waals surface area contributed by atoms with Gasteiger partial charge in [-0.15, -0.1) is 0 Å². The zero-order valence-electron chi connectivity index (χ0n) is 13.1. The summed E-state index contributed by atoms with van der Waals surface area (Å²) in [6.07, 6.45) is 0. The van der Waals surface area contributed by atoms with Gasteiger partial charge < -0.3 is 16.8 Å². The van der Waals surface area contributed by atoms with Crippen molar-refractivity contribution in [3.05, 3.63) is 35.4 Å². The van der Waals surface area contributed by atoms with Crippen LogP contribution in [0.15, 0.2) is 29.3 Å². The lowest BCUT2D eigenvalue weighted by Gasteiger charge is -2.19. The van der Waals surface area contributed by atoms with E-state index in [1.54, 1.807) is 0 Å². The van der Waals surface area contributed by atoms with E-state index in [1.165, 1.54) is 11.1 Å².